The fourth-order valence-corrected chi connectivity index (χ4v) is 2.62. The lowest BCUT2D eigenvalue weighted by Crippen LogP contribution is -2.05. The van der Waals surface area contributed by atoms with Crippen LogP contribution in [0.3, 0.4) is 0 Å². The normalized spacial score (nSPS) is 10.8. The largest absolute Gasteiger partial charge is 0.493 e. The Kier molecular flexibility index (Phi) is 5.25. The number of benzene rings is 1. The van der Waals surface area contributed by atoms with Crippen molar-refractivity contribution >= 4 is 34.8 Å². The van der Waals surface area contributed by atoms with Crippen molar-refractivity contribution in [3.63, 3.8) is 0 Å². The SMILES string of the molecule is COc1cc(CCl)cc(Cl)c1OCc1c(Cl)c(C)nn1C. The number of alkyl halides is 1. The Labute approximate surface area is 138 Å². The van der Waals surface area contributed by atoms with Crippen LogP contribution in [0, 0.1) is 6.92 Å². The number of hydrogen-bond donors (Lipinski definition) is 0. The minimum absolute atomic E-state index is 0.243. The molecule has 0 aliphatic heterocycles. The van der Waals surface area contributed by atoms with Crippen LogP contribution in [0.5, 0.6) is 11.5 Å². The van der Waals surface area contributed by atoms with E-state index in [0.717, 1.165) is 17.0 Å². The number of aromatic nitrogens is 2. The van der Waals surface area contributed by atoms with Crippen LogP contribution in [-0.4, -0.2) is 16.9 Å². The second kappa shape index (κ2) is 6.77. The third-order valence-corrected chi connectivity index (χ3v) is 4.14. The van der Waals surface area contributed by atoms with Crippen molar-refractivity contribution in [1.29, 1.82) is 0 Å². The van der Waals surface area contributed by atoms with Gasteiger partial charge in [-0.3, -0.25) is 4.68 Å². The molecule has 0 fully saturated rings. The van der Waals surface area contributed by atoms with Gasteiger partial charge in [0, 0.05) is 12.9 Å². The summed E-state index contributed by atoms with van der Waals surface area (Å²) in [7, 11) is 3.37. The maximum Gasteiger partial charge on any atom is 0.180 e. The molecule has 2 aromatic rings. The van der Waals surface area contributed by atoms with Gasteiger partial charge in [-0.2, -0.15) is 5.10 Å². The van der Waals surface area contributed by atoms with E-state index in [4.69, 9.17) is 44.3 Å². The lowest BCUT2D eigenvalue weighted by Gasteiger charge is -2.14. The highest BCUT2D eigenvalue weighted by atomic mass is 35.5. The highest BCUT2D eigenvalue weighted by Crippen LogP contribution is 2.37. The van der Waals surface area contributed by atoms with Crippen molar-refractivity contribution < 1.29 is 9.47 Å². The van der Waals surface area contributed by atoms with Crippen LogP contribution in [0.15, 0.2) is 12.1 Å². The molecule has 2 rings (SSSR count). The van der Waals surface area contributed by atoms with Crippen molar-refractivity contribution in [2.45, 2.75) is 19.4 Å². The van der Waals surface area contributed by atoms with Gasteiger partial charge in [0.2, 0.25) is 0 Å². The minimum Gasteiger partial charge on any atom is -0.493 e. The summed E-state index contributed by atoms with van der Waals surface area (Å²) in [6.07, 6.45) is 0. The molecule has 7 heteroatoms. The fraction of sp³-hybridized carbons (Fsp3) is 0.357. The average molecular weight is 350 g/mol. The standard InChI is InChI=1S/C14H15Cl3N2O2/c1-8-13(17)11(19(2)18-8)7-21-14-10(16)4-9(6-15)5-12(14)20-3/h4-5H,6-7H2,1-3H3. The lowest BCUT2D eigenvalue weighted by molar-refractivity contribution is 0.276. The summed E-state index contributed by atoms with van der Waals surface area (Å²) in [5.41, 5.74) is 2.39. The van der Waals surface area contributed by atoms with E-state index >= 15 is 0 Å². The van der Waals surface area contributed by atoms with Gasteiger partial charge in [0.25, 0.3) is 0 Å². The van der Waals surface area contributed by atoms with Crippen LogP contribution in [-0.2, 0) is 19.5 Å². The first-order valence-corrected chi connectivity index (χ1v) is 7.50. The Bertz CT molecular complexity index is 656. The molecule has 0 bridgehead atoms. The summed E-state index contributed by atoms with van der Waals surface area (Å²) in [6, 6.07) is 3.55. The van der Waals surface area contributed by atoms with Gasteiger partial charge in [-0.05, 0) is 24.6 Å². The molecule has 0 unspecified atom stereocenters. The first-order valence-electron chi connectivity index (χ1n) is 6.21. The van der Waals surface area contributed by atoms with Crippen LogP contribution in [0.2, 0.25) is 10.0 Å². The summed E-state index contributed by atoms with van der Waals surface area (Å²) < 4.78 is 12.8. The number of nitrogens with zero attached hydrogens (tertiary/aromatic N) is 2. The van der Waals surface area contributed by atoms with Gasteiger partial charge in [0.15, 0.2) is 11.5 Å². The zero-order chi connectivity index (χ0) is 15.6. The van der Waals surface area contributed by atoms with E-state index in [2.05, 4.69) is 5.10 Å². The summed E-state index contributed by atoms with van der Waals surface area (Å²) in [6.45, 7) is 2.08. The number of methoxy groups -OCH3 is 1. The first kappa shape index (κ1) is 16.3. The van der Waals surface area contributed by atoms with Crippen molar-refractivity contribution in [3.8, 4) is 11.5 Å². The molecule has 1 aromatic carbocycles. The summed E-state index contributed by atoms with van der Waals surface area (Å²) in [5, 5.41) is 5.27. The van der Waals surface area contributed by atoms with Crippen LogP contribution in [0.25, 0.3) is 0 Å². The fourth-order valence-electron chi connectivity index (χ4n) is 1.97. The van der Waals surface area contributed by atoms with Crippen LogP contribution >= 0.6 is 34.8 Å². The van der Waals surface area contributed by atoms with Crippen molar-refractivity contribution in [3.05, 3.63) is 39.1 Å². The van der Waals surface area contributed by atoms with Gasteiger partial charge in [-0.25, -0.2) is 0 Å². The number of halogens is 3. The Balaban J connectivity index is 2.27. The maximum atomic E-state index is 6.22. The molecule has 0 radical (unpaired) electrons. The Morgan fingerprint density at radius 3 is 2.52 bits per heavy atom. The van der Waals surface area contributed by atoms with E-state index in [1.165, 1.54) is 0 Å². The van der Waals surface area contributed by atoms with E-state index in [9.17, 15) is 0 Å². The van der Waals surface area contributed by atoms with E-state index < -0.39 is 0 Å². The van der Waals surface area contributed by atoms with E-state index in [-0.39, 0.29) is 6.61 Å². The molecule has 21 heavy (non-hydrogen) atoms. The first-order chi connectivity index (χ1) is 9.97. The molecule has 0 saturated heterocycles. The van der Waals surface area contributed by atoms with Crippen molar-refractivity contribution in [1.82, 2.24) is 9.78 Å². The number of hydrogen-bond acceptors (Lipinski definition) is 3. The molecule has 0 spiro atoms. The third kappa shape index (κ3) is 3.39. The van der Waals surface area contributed by atoms with Crippen molar-refractivity contribution in [2.75, 3.05) is 7.11 Å². The van der Waals surface area contributed by atoms with Gasteiger partial charge in [0.1, 0.15) is 6.61 Å². The molecule has 0 aliphatic carbocycles. The summed E-state index contributed by atoms with van der Waals surface area (Å²) in [5.74, 6) is 1.35. The van der Waals surface area contributed by atoms with Crippen molar-refractivity contribution in [2.24, 2.45) is 7.05 Å². The highest BCUT2D eigenvalue weighted by Gasteiger charge is 2.16. The average Bonchev–Trinajstić information content (AvgIpc) is 2.70. The highest BCUT2D eigenvalue weighted by molar-refractivity contribution is 6.32. The third-order valence-electron chi connectivity index (χ3n) is 3.06. The molecule has 114 valence electrons. The summed E-state index contributed by atoms with van der Waals surface area (Å²) in [4.78, 5) is 0. The molecule has 0 aliphatic rings. The molecule has 0 saturated carbocycles. The zero-order valence-electron chi connectivity index (χ0n) is 11.9. The van der Waals surface area contributed by atoms with Gasteiger partial charge in [0.05, 0.1) is 28.5 Å². The van der Waals surface area contributed by atoms with Crippen LogP contribution in [0.4, 0.5) is 0 Å². The Morgan fingerprint density at radius 1 is 1.29 bits per heavy atom. The molecule has 0 atom stereocenters. The molecular weight excluding hydrogens is 335 g/mol. The maximum absolute atomic E-state index is 6.22. The lowest BCUT2D eigenvalue weighted by atomic mass is 10.2. The van der Waals surface area contributed by atoms with Gasteiger partial charge in [-0.15, -0.1) is 11.6 Å². The van der Waals surface area contributed by atoms with Gasteiger partial charge >= 0.3 is 0 Å². The number of ether oxygens (including phenoxy) is 2. The number of aryl methyl sites for hydroxylation is 2. The molecule has 0 amide bonds. The zero-order valence-corrected chi connectivity index (χ0v) is 14.2. The quantitative estimate of drug-likeness (QED) is 0.752. The summed E-state index contributed by atoms with van der Waals surface area (Å²) >= 11 is 18.2. The minimum atomic E-state index is 0.243. The van der Waals surface area contributed by atoms with E-state index in [1.807, 2.05) is 14.0 Å². The molecule has 1 aromatic heterocycles. The smallest absolute Gasteiger partial charge is 0.180 e. The van der Waals surface area contributed by atoms with E-state index in [1.54, 1.807) is 23.9 Å². The second-order valence-electron chi connectivity index (χ2n) is 4.50. The predicted molar refractivity (Wildman–Crippen MR) is 84.8 cm³/mol. The Hall–Kier alpha value is -1.10. The van der Waals surface area contributed by atoms with Gasteiger partial charge in [-0.1, -0.05) is 23.2 Å². The number of rotatable bonds is 5. The topological polar surface area (TPSA) is 36.3 Å². The van der Waals surface area contributed by atoms with Crippen LogP contribution < -0.4 is 9.47 Å². The molecule has 0 N–H and O–H groups in total. The van der Waals surface area contributed by atoms with Crippen LogP contribution in [0.1, 0.15) is 17.0 Å². The molecule has 4 nitrogen and oxygen atoms in total. The molecular formula is C14H15Cl3N2O2. The molecule has 1 heterocycles. The monoisotopic (exact) mass is 348 g/mol. The predicted octanol–water partition coefficient (Wildman–Crippen LogP) is 4.36. The second-order valence-corrected chi connectivity index (χ2v) is 5.55. The van der Waals surface area contributed by atoms with Gasteiger partial charge < -0.3 is 9.47 Å². The van der Waals surface area contributed by atoms with E-state index in [0.29, 0.717) is 27.4 Å². The Morgan fingerprint density at radius 2 is 2.00 bits per heavy atom.